The van der Waals surface area contributed by atoms with E-state index < -0.39 is 17.6 Å². The van der Waals surface area contributed by atoms with Gasteiger partial charge in [0, 0.05) is 11.8 Å². The van der Waals surface area contributed by atoms with Gasteiger partial charge in [0.1, 0.15) is 17.7 Å². The molecule has 0 amide bonds. The van der Waals surface area contributed by atoms with Crippen LogP contribution in [0.25, 0.3) is 6.08 Å². The normalized spacial score (nSPS) is 16.6. The summed E-state index contributed by atoms with van der Waals surface area (Å²) in [4.78, 5) is 25.0. The van der Waals surface area contributed by atoms with E-state index in [2.05, 4.69) is 62.6 Å². The summed E-state index contributed by atoms with van der Waals surface area (Å²) in [5.41, 5.74) is 2.98. The highest BCUT2D eigenvalue weighted by atomic mass is 32.1. The number of thiol groups is 1. The lowest BCUT2D eigenvalue weighted by atomic mass is 9.83. The summed E-state index contributed by atoms with van der Waals surface area (Å²) in [6.07, 6.45) is 10.1. The molecule has 4 nitrogen and oxygen atoms in total. The molecule has 3 rings (SSSR count). The zero-order valence-corrected chi connectivity index (χ0v) is 25.9. The number of ketones is 1. The first-order valence-electron chi connectivity index (χ1n) is 14.9. The molecule has 0 aliphatic carbocycles. The Morgan fingerprint density at radius 1 is 1.02 bits per heavy atom. The molecule has 41 heavy (non-hydrogen) atoms. The lowest BCUT2D eigenvalue weighted by molar-refractivity contribution is -0.146. The van der Waals surface area contributed by atoms with E-state index in [0.29, 0.717) is 17.4 Å². The number of rotatable bonds is 13. The average Bonchev–Trinajstić information content (AvgIpc) is 2.95. The molecule has 1 N–H and O–H groups in total. The van der Waals surface area contributed by atoms with Crippen molar-refractivity contribution in [1.29, 1.82) is 0 Å². The Morgan fingerprint density at radius 2 is 1.63 bits per heavy atom. The summed E-state index contributed by atoms with van der Waals surface area (Å²) in [7, 11) is 0. The molecule has 0 radical (unpaired) electrons. The van der Waals surface area contributed by atoms with E-state index in [9.17, 15) is 23.5 Å². The summed E-state index contributed by atoms with van der Waals surface area (Å²) < 4.78 is 25.2. The highest BCUT2D eigenvalue weighted by Crippen LogP contribution is 2.33. The van der Waals surface area contributed by atoms with Crippen molar-refractivity contribution in [3.63, 3.8) is 0 Å². The monoisotopic (exact) mass is 587 g/mol. The standard InChI is InChI=1S/C24H39NO2S.C10H8F2O/c1-4-6-22(10-7-18(3)5-2)23(24(26)27)25-15-13-21(14-16-25)20-11-8-19(17-28)9-12-20;1-7(13)2-3-8-4-9(11)6-10(12)5-8/h8-9,11-12,18,21-23,28H,4-7,10,13-17H2,1-3H3,(H,26,27);2-6H,1H3/b;3-2+. The van der Waals surface area contributed by atoms with Crippen LogP contribution in [0.15, 0.2) is 48.5 Å². The summed E-state index contributed by atoms with van der Waals surface area (Å²) in [6, 6.07) is 11.6. The van der Waals surface area contributed by atoms with Crippen molar-refractivity contribution in [3.05, 3.63) is 76.9 Å². The molecule has 0 aromatic heterocycles. The zero-order valence-electron chi connectivity index (χ0n) is 25.0. The van der Waals surface area contributed by atoms with Gasteiger partial charge in [0.2, 0.25) is 0 Å². The molecule has 2 aromatic rings. The molecule has 0 saturated carbocycles. The van der Waals surface area contributed by atoms with Gasteiger partial charge in [-0.2, -0.15) is 12.6 Å². The van der Waals surface area contributed by atoms with Gasteiger partial charge >= 0.3 is 5.97 Å². The maximum Gasteiger partial charge on any atom is 0.321 e. The predicted molar refractivity (Wildman–Crippen MR) is 167 cm³/mol. The van der Waals surface area contributed by atoms with E-state index >= 15 is 0 Å². The summed E-state index contributed by atoms with van der Waals surface area (Å²) >= 11 is 4.33. The van der Waals surface area contributed by atoms with Gasteiger partial charge in [-0.15, -0.1) is 0 Å². The van der Waals surface area contributed by atoms with Crippen molar-refractivity contribution >= 4 is 30.5 Å². The number of aliphatic carboxylic acids is 1. The summed E-state index contributed by atoms with van der Waals surface area (Å²) in [5.74, 6) is 0.177. The topological polar surface area (TPSA) is 57.6 Å². The van der Waals surface area contributed by atoms with Crippen LogP contribution in [-0.2, 0) is 15.3 Å². The third-order valence-electron chi connectivity index (χ3n) is 8.04. The molecule has 0 bridgehead atoms. The highest BCUT2D eigenvalue weighted by Gasteiger charge is 2.35. The number of carbonyl (C=O) groups excluding carboxylic acids is 1. The fourth-order valence-electron chi connectivity index (χ4n) is 5.48. The van der Waals surface area contributed by atoms with Gasteiger partial charge in [0.05, 0.1) is 0 Å². The maximum atomic E-state index is 12.6. The van der Waals surface area contributed by atoms with Gasteiger partial charge in [-0.05, 0) is 98.3 Å². The second kappa shape index (κ2) is 18.1. The van der Waals surface area contributed by atoms with Gasteiger partial charge in [-0.1, -0.05) is 70.4 Å². The molecular formula is C34H47F2NO3S. The van der Waals surface area contributed by atoms with Crippen LogP contribution in [0.5, 0.6) is 0 Å². The summed E-state index contributed by atoms with van der Waals surface area (Å²) in [5, 5.41) is 10.0. The zero-order chi connectivity index (χ0) is 30.4. The van der Waals surface area contributed by atoms with Crippen LogP contribution in [0, 0.1) is 23.5 Å². The first-order chi connectivity index (χ1) is 19.6. The minimum atomic E-state index is -0.650. The molecule has 7 heteroatoms. The van der Waals surface area contributed by atoms with E-state index in [-0.39, 0.29) is 17.7 Å². The number of piperidine rings is 1. The molecule has 1 aliphatic rings. The van der Waals surface area contributed by atoms with Crippen molar-refractivity contribution in [2.45, 2.75) is 90.4 Å². The van der Waals surface area contributed by atoms with Crippen LogP contribution >= 0.6 is 12.6 Å². The third-order valence-corrected chi connectivity index (χ3v) is 8.40. The molecule has 2 aromatic carbocycles. The second-order valence-corrected chi connectivity index (χ2v) is 11.6. The van der Waals surface area contributed by atoms with Crippen molar-refractivity contribution in [2.75, 3.05) is 13.1 Å². The number of carbonyl (C=O) groups is 2. The van der Waals surface area contributed by atoms with E-state index in [1.54, 1.807) is 0 Å². The third kappa shape index (κ3) is 12.1. The molecule has 3 atom stereocenters. The quantitative estimate of drug-likeness (QED) is 0.182. The maximum absolute atomic E-state index is 12.6. The van der Waals surface area contributed by atoms with Crippen LogP contribution in [0.4, 0.5) is 8.78 Å². The fraction of sp³-hybridized carbons (Fsp3) is 0.529. The molecule has 1 fully saturated rings. The highest BCUT2D eigenvalue weighted by molar-refractivity contribution is 7.79. The van der Waals surface area contributed by atoms with Gasteiger partial charge in [-0.3, -0.25) is 14.5 Å². The van der Waals surface area contributed by atoms with Crippen molar-refractivity contribution < 1.29 is 23.5 Å². The Bertz CT molecular complexity index is 1090. The number of hydrogen-bond acceptors (Lipinski definition) is 4. The number of nitrogens with zero attached hydrogens (tertiary/aromatic N) is 1. The molecule has 3 unspecified atom stereocenters. The smallest absolute Gasteiger partial charge is 0.321 e. The number of carboxylic acids is 1. The minimum Gasteiger partial charge on any atom is -0.480 e. The van der Waals surface area contributed by atoms with Crippen molar-refractivity contribution in [2.24, 2.45) is 11.8 Å². The number of hydrogen-bond donors (Lipinski definition) is 2. The SMILES string of the molecule is CC(=O)/C=C/c1cc(F)cc(F)c1.CCCC(CCC(C)CC)C(C(=O)O)N1CCC(c2ccc(CS)cc2)CC1. The Balaban J connectivity index is 0.000000377. The van der Waals surface area contributed by atoms with E-state index in [0.717, 1.165) is 75.6 Å². The second-order valence-electron chi connectivity index (χ2n) is 11.3. The van der Waals surface area contributed by atoms with Crippen LogP contribution in [0.3, 0.4) is 0 Å². The number of benzene rings is 2. The van der Waals surface area contributed by atoms with Crippen LogP contribution < -0.4 is 0 Å². The minimum absolute atomic E-state index is 0.162. The van der Waals surface area contributed by atoms with Gasteiger partial charge in [-0.25, -0.2) is 8.78 Å². The molecular weight excluding hydrogens is 540 g/mol. The number of carboxylic acid groups (broad SMARTS) is 1. The largest absolute Gasteiger partial charge is 0.480 e. The Morgan fingerprint density at radius 3 is 2.12 bits per heavy atom. The van der Waals surface area contributed by atoms with Gasteiger partial charge in [0.25, 0.3) is 0 Å². The molecule has 1 aliphatic heterocycles. The first kappa shape index (κ1) is 34.7. The van der Waals surface area contributed by atoms with E-state index in [1.165, 1.54) is 36.6 Å². The fourth-order valence-corrected chi connectivity index (χ4v) is 5.69. The predicted octanol–water partition coefficient (Wildman–Crippen LogP) is 8.56. The van der Waals surface area contributed by atoms with E-state index in [4.69, 9.17) is 0 Å². The average molecular weight is 588 g/mol. The van der Waals surface area contributed by atoms with Crippen LogP contribution in [0.1, 0.15) is 95.2 Å². The van der Waals surface area contributed by atoms with Crippen LogP contribution in [-0.4, -0.2) is 40.9 Å². The lowest BCUT2D eigenvalue weighted by Gasteiger charge is -2.39. The van der Waals surface area contributed by atoms with Crippen molar-refractivity contribution in [1.82, 2.24) is 4.90 Å². The van der Waals surface area contributed by atoms with Gasteiger partial charge in [0.15, 0.2) is 5.78 Å². The van der Waals surface area contributed by atoms with Crippen molar-refractivity contribution in [3.8, 4) is 0 Å². The number of halogens is 2. The molecule has 1 saturated heterocycles. The Hall–Kier alpha value is -2.51. The Labute approximate surface area is 250 Å². The number of allylic oxidation sites excluding steroid dienone is 1. The molecule has 226 valence electrons. The summed E-state index contributed by atoms with van der Waals surface area (Å²) in [6.45, 7) is 9.83. The molecule has 1 heterocycles. The Kier molecular flexibility index (Phi) is 15.3. The lowest BCUT2D eigenvalue weighted by Crippen LogP contribution is -2.49. The molecule has 0 spiro atoms. The first-order valence-corrected chi connectivity index (χ1v) is 15.5. The number of likely N-dealkylation sites (tertiary alicyclic amines) is 1. The van der Waals surface area contributed by atoms with Gasteiger partial charge < -0.3 is 5.11 Å². The van der Waals surface area contributed by atoms with E-state index in [1.807, 2.05) is 0 Å². The van der Waals surface area contributed by atoms with Crippen LogP contribution in [0.2, 0.25) is 0 Å².